The Kier molecular flexibility index (Phi) is 4.34. The van der Waals surface area contributed by atoms with E-state index >= 15 is 0 Å². The van der Waals surface area contributed by atoms with Gasteiger partial charge in [0.1, 0.15) is 6.04 Å². The highest BCUT2D eigenvalue weighted by Crippen LogP contribution is 2.40. The molecule has 146 valence electrons. The molecule has 0 spiro atoms. The molecule has 2 atom stereocenters. The standard InChI is InChI=1S/C20H21ClN4O3/c21-14-5-7-15(8-6-14)25-11-13(10-17(25)26)20(27)24-9-1-2-16(24)19-22-18(23-28-19)12-3-4-12/h5-8,12-13,16H,1-4,9-11H2. The Balaban J connectivity index is 1.31. The predicted octanol–water partition coefficient (Wildman–Crippen LogP) is 3.32. The van der Waals surface area contributed by atoms with Crippen molar-refractivity contribution in [1.82, 2.24) is 15.0 Å². The zero-order valence-corrected chi connectivity index (χ0v) is 16.1. The lowest BCUT2D eigenvalue weighted by molar-refractivity contribution is -0.137. The lowest BCUT2D eigenvalue weighted by Gasteiger charge is -2.25. The number of nitrogens with zero attached hydrogens (tertiary/aromatic N) is 4. The Bertz CT molecular complexity index is 908. The Morgan fingerprint density at radius 2 is 1.96 bits per heavy atom. The molecule has 0 radical (unpaired) electrons. The van der Waals surface area contributed by atoms with E-state index in [1.807, 2.05) is 17.0 Å². The number of hydrogen-bond donors (Lipinski definition) is 0. The average Bonchev–Trinajstić information content (AvgIpc) is 3.10. The van der Waals surface area contributed by atoms with Crippen LogP contribution in [0.15, 0.2) is 28.8 Å². The molecular formula is C20H21ClN4O3. The van der Waals surface area contributed by atoms with E-state index < -0.39 is 0 Å². The van der Waals surface area contributed by atoms with Gasteiger partial charge in [0.05, 0.1) is 5.92 Å². The highest BCUT2D eigenvalue weighted by Gasteiger charge is 2.42. The predicted molar refractivity (Wildman–Crippen MR) is 102 cm³/mol. The number of halogens is 1. The topological polar surface area (TPSA) is 79.5 Å². The van der Waals surface area contributed by atoms with Crippen molar-refractivity contribution in [2.24, 2.45) is 5.92 Å². The maximum absolute atomic E-state index is 13.2. The molecule has 1 aromatic carbocycles. The third kappa shape index (κ3) is 3.17. The zero-order valence-electron chi connectivity index (χ0n) is 15.4. The first-order valence-corrected chi connectivity index (χ1v) is 10.2. The van der Waals surface area contributed by atoms with Gasteiger partial charge in [-0.05, 0) is 49.9 Å². The number of likely N-dealkylation sites (tertiary alicyclic amines) is 1. The quantitative estimate of drug-likeness (QED) is 0.786. The van der Waals surface area contributed by atoms with E-state index in [9.17, 15) is 9.59 Å². The fourth-order valence-electron chi connectivity index (χ4n) is 4.16. The second-order valence-electron chi connectivity index (χ2n) is 7.84. The summed E-state index contributed by atoms with van der Waals surface area (Å²) in [6.07, 6.45) is 4.16. The van der Waals surface area contributed by atoms with Gasteiger partial charge in [0.25, 0.3) is 0 Å². The highest BCUT2D eigenvalue weighted by atomic mass is 35.5. The summed E-state index contributed by atoms with van der Waals surface area (Å²) in [6, 6.07) is 6.95. The van der Waals surface area contributed by atoms with Crippen molar-refractivity contribution < 1.29 is 14.1 Å². The van der Waals surface area contributed by atoms with E-state index in [-0.39, 0.29) is 30.2 Å². The summed E-state index contributed by atoms with van der Waals surface area (Å²) in [5.74, 6) is 1.33. The van der Waals surface area contributed by atoms with Crippen LogP contribution in [0, 0.1) is 5.92 Å². The Morgan fingerprint density at radius 3 is 2.71 bits per heavy atom. The van der Waals surface area contributed by atoms with Crippen LogP contribution in [0.25, 0.3) is 0 Å². The molecule has 28 heavy (non-hydrogen) atoms. The van der Waals surface area contributed by atoms with Gasteiger partial charge in [-0.15, -0.1) is 0 Å². The number of rotatable bonds is 4. The van der Waals surface area contributed by atoms with E-state index in [4.69, 9.17) is 16.1 Å². The number of amides is 2. The first kappa shape index (κ1) is 17.7. The van der Waals surface area contributed by atoms with E-state index in [1.165, 1.54) is 0 Å². The highest BCUT2D eigenvalue weighted by molar-refractivity contribution is 6.30. The van der Waals surface area contributed by atoms with Crippen molar-refractivity contribution in [2.75, 3.05) is 18.0 Å². The molecule has 0 bridgehead atoms. The molecule has 5 rings (SSSR count). The minimum atomic E-state index is -0.352. The van der Waals surface area contributed by atoms with Gasteiger partial charge in [-0.2, -0.15) is 4.98 Å². The average molecular weight is 401 g/mol. The summed E-state index contributed by atoms with van der Waals surface area (Å²) in [5.41, 5.74) is 0.772. The number of carbonyl (C=O) groups excluding carboxylic acids is 2. The van der Waals surface area contributed by atoms with Crippen molar-refractivity contribution in [1.29, 1.82) is 0 Å². The summed E-state index contributed by atoms with van der Waals surface area (Å²) in [6.45, 7) is 1.05. The zero-order chi connectivity index (χ0) is 19.3. The lowest BCUT2D eigenvalue weighted by atomic mass is 10.1. The minimum Gasteiger partial charge on any atom is -0.337 e. The maximum Gasteiger partial charge on any atom is 0.249 e. The third-order valence-corrected chi connectivity index (χ3v) is 6.09. The van der Waals surface area contributed by atoms with Crippen molar-refractivity contribution >= 4 is 29.1 Å². The normalized spacial score (nSPS) is 25.0. The van der Waals surface area contributed by atoms with Crippen LogP contribution in [-0.4, -0.2) is 39.9 Å². The van der Waals surface area contributed by atoms with Gasteiger partial charge < -0.3 is 14.3 Å². The molecule has 3 fully saturated rings. The van der Waals surface area contributed by atoms with Crippen molar-refractivity contribution in [3.05, 3.63) is 41.0 Å². The molecule has 0 N–H and O–H groups in total. The van der Waals surface area contributed by atoms with Crippen LogP contribution < -0.4 is 4.90 Å². The summed E-state index contributed by atoms with van der Waals surface area (Å²) >= 11 is 5.94. The molecule has 2 aliphatic heterocycles. The summed E-state index contributed by atoms with van der Waals surface area (Å²) < 4.78 is 5.47. The SMILES string of the molecule is O=C1CC(C(=O)N2CCCC2c2nc(C3CC3)no2)CN1c1ccc(Cl)cc1. The number of aromatic nitrogens is 2. The van der Waals surface area contributed by atoms with Crippen molar-refractivity contribution in [2.45, 2.75) is 44.1 Å². The second kappa shape index (κ2) is 6.88. The molecule has 2 unspecified atom stereocenters. The van der Waals surface area contributed by atoms with Crippen LogP contribution in [0.3, 0.4) is 0 Å². The van der Waals surface area contributed by atoms with Crippen molar-refractivity contribution in [3.8, 4) is 0 Å². The number of anilines is 1. The fraction of sp³-hybridized carbons (Fsp3) is 0.500. The van der Waals surface area contributed by atoms with Crippen LogP contribution in [0.5, 0.6) is 0 Å². The second-order valence-corrected chi connectivity index (χ2v) is 8.27. The molecule has 2 aromatic rings. The van der Waals surface area contributed by atoms with Crippen LogP contribution >= 0.6 is 11.6 Å². The van der Waals surface area contributed by atoms with E-state index in [1.54, 1.807) is 17.0 Å². The van der Waals surface area contributed by atoms with Gasteiger partial charge in [0.2, 0.25) is 17.7 Å². The molecule has 8 heteroatoms. The van der Waals surface area contributed by atoms with E-state index in [0.29, 0.717) is 29.9 Å². The molecule has 1 saturated carbocycles. The first-order chi connectivity index (χ1) is 13.6. The molecule has 2 amide bonds. The maximum atomic E-state index is 13.2. The largest absolute Gasteiger partial charge is 0.337 e. The summed E-state index contributed by atoms with van der Waals surface area (Å²) in [7, 11) is 0. The molecule has 7 nitrogen and oxygen atoms in total. The third-order valence-electron chi connectivity index (χ3n) is 5.83. The number of benzene rings is 1. The van der Waals surface area contributed by atoms with Gasteiger partial charge >= 0.3 is 0 Å². The molecular weight excluding hydrogens is 380 g/mol. The van der Waals surface area contributed by atoms with Crippen LogP contribution in [0.1, 0.15) is 55.8 Å². The van der Waals surface area contributed by atoms with Gasteiger partial charge in [0.15, 0.2) is 5.82 Å². The lowest BCUT2D eigenvalue weighted by Crippen LogP contribution is -2.37. The number of carbonyl (C=O) groups is 2. The van der Waals surface area contributed by atoms with Crippen LogP contribution in [0.2, 0.25) is 5.02 Å². The first-order valence-electron chi connectivity index (χ1n) is 9.80. The smallest absolute Gasteiger partial charge is 0.249 e. The Labute approximate surface area is 167 Å². The van der Waals surface area contributed by atoms with Gasteiger partial charge in [-0.1, -0.05) is 16.8 Å². The minimum absolute atomic E-state index is 0.00140. The van der Waals surface area contributed by atoms with Crippen LogP contribution in [0.4, 0.5) is 5.69 Å². The van der Waals surface area contributed by atoms with Crippen molar-refractivity contribution in [3.63, 3.8) is 0 Å². The molecule has 3 heterocycles. The Hall–Kier alpha value is -2.41. The summed E-state index contributed by atoms with van der Waals surface area (Å²) in [5, 5.41) is 4.71. The molecule has 2 saturated heterocycles. The monoisotopic (exact) mass is 400 g/mol. The van der Waals surface area contributed by atoms with Gasteiger partial charge in [-0.3, -0.25) is 9.59 Å². The summed E-state index contributed by atoms with van der Waals surface area (Å²) in [4.78, 5) is 33.7. The van der Waals surface area contributed by atoms with E-state index in [0.717, 1.165) is 37.2 Å². The van der Waals surface area contributed by atoms with Gasteiger partial charge in [-0.25, -0.2) is 0 Å². The fourth-order valence-corrected chi connectivity index (χ4v) is 4.28. The molecule has 3 aliphatic rings. The molecule has 1 aliphatic carbocycles. The number of hydrogen-bond acceptors (Lipinski definition) is 5. The molecule has 1 aromatic heterocycles. The van der Waals surface area contributed by atoms with E-state index in [2.05, 4.69) is 10.1 Å². The van der Waals surface area contributed by atoms with Gasteiger partial charge in [0, 0.05) is 36.1 Å². The Morgan fingerprint density at radius 1 is 1.18 bits per heavy atom. The van der Waals surface area contributed by atoms with Crippen LogP contribution in [-0.2, 0) is 9.59 Å².